The largest absolute Gasteiger partial charge is 0.488 e. The van der Waals surface area contributed by atoms with E-state index in [1.54, 1.807) is 6.92 Å². The zero-order chi connectivity index (χ0) is 27.8. The Morgan fingerprint density at radius 3 is 2.56 bits per heavy atom. The highest BCUT2D eigenvalue weighted by Crippen LogP contribution is 2.40. The van der Waals surface area contributed by atoms with Crippen molar-refractivity contribution in [1.29, 1.82) is 0 Å². The van der Waals surface area contributed by atoms with Crippen LogP contribution in [0.25, 0.3) is 31.8 Å². The highest BCUT2D eigenvalue weighted by atomic mass is 35.5. The lowest BCUT2D eigenvalue weighted by Gasteiger charge is -2.26. The van der Waals surface area contributed by atoms with E-state index in [-0.39, 0.29) is 33.9 Å². The molecular weight excluding hydrogens is 570 g/mol. The molecule has 3 aromatic heterocycles. The SMILES string of the molecule is COc1cnc2c(-c3nc4c(Cl)c(F)c(OCC(C)N(C(=O)O)c5cnc(Cl)nc5)cc4s3)cc(C)cc2n1. The van der Waals surface area contributed by atoms with Gasteiger partial charge in [0, 0.05) is 11.6 Å². The summed E-state index contributed by atoms with van der Waals surface area (Å²) in [5, 5.41) is 10.1. The number of benzene rings is 2. The topological polar surface area (TPSA) is 123 Å². The van der Waals surface area contributed by atoms with Crippen LogP contribution in [0, 0.1) is 12.7 Å². The number of thiazole rings is 1. The molecular formula is C25H19Cl2FN6O4S. The van der Waals surface area contributed by atoms with Crippen molar-refractivity contribution in [3.05, 3.63) is 58.5 Å². The Morgan fingerprint density at radius 2 is 1.87 bits per heavy atom. The lowest BCUT2D eigenvalue weighted by atomic mass is 10.1. The number of fused-ring (bicyclic) bond motifs is 2. The van der Waals surface area contributed by atoms with E-state index in [1.807, 2.05) is 19.1 Å². The van der Waals surface area contributed by atoms with Crippen LogP contribution in [0.3, 0.4) is 0 Å². The van der Waals surface area contributed by atoms with E-state index in [1.165, 1.54) is 43.1 Å². The number of halogens is 3. The second kappa shape index (κ2) is 10.7. The summed E-state index contributed by atoms with van der Waals surface area (Å²) in [5.74, 6) is -0.552. The summed E-state index contributed by atoms with van der Waals surface area (Å²) in [6.45, 7) is 3.34. The molecule has 200 valence electrons. The van der Waals surface area contributed by atoms with Crippen LogP contribution < -0.4 is 14.4 Å². The van der Waals surface area contributed by atoms with Gasteiger partial charge in [0.05, 0.1) is 53.2 Å². The summed E-state index contributed by atoms with van der Waals surface area (Å²) in [6, 6.07) is 4.57. The van der Waals surface area contributed by atoms with Gasteiger partial charge in [0.1, 0.15) is 22.2 Å². The summed E-state index contributed by atoms with van der Waals surface area (Å²) < 4.78 is 26.7. The molecule has 1 atom stereocenters. The van der Waals surface area contributed by atoms with E-state index in [0.717, 1.165) is 16.0 Å². The van der Waals surface area contributed by atoms with Gasteiger partial charge in [-0.1, -0.05) is 11.6 Å². The van der Waals surface area contributed by atoms with Gasteiger partial charge >= 0.3 is 6.09 Å². The fourth-order valence-corrected chi connectivity index (χ4v) is 5.39. The smallest absolute Gasteiger partial charge is 0.412 e. The number of ether oxygens (including phenoxy) is 2. The van der Waals surface area contributed by atoms with Gasteiger partial charge in [-0.3, -0.25) is 4.90 Å². The van der Waals surface area contributed by atoms with Crippen LogP contribution in [0.2, 0.25) is 10.3 Å². The third-order valence-electron chi connectivity index (χ3n) is 5.75. The standard InChI is InChI=1S/C25H19Cl2FN6O4S/c1-11-4-14(21-15(5-11)32-18(37-3)9-29-21)23-33-22-17(39-23)6-16(20(28)19(22)26)38-10-12(2)34(25(35)36)13-7-30-24(27)31-8-13/h4-9,12H,10H2,1-3H3,(H,35,36). The summed E-state index contributed by atoms with van der Waals surface area (Å²) >= 11 is 13.4. The molecule has 1 amide bonds. The second-order valence-corrected chi connectivity index (χ2v) is 10.2. The molecule has 10 nitrogen and oxygen atoms in total. The van der Waals surface area contributed by atoms with E-state index in [2.05, 4.69) is 24.9 Å². The molecule has 0 spiro atoms. The summed E-state index contributed by atoms with van der Waals surface area (Å²) in [7, 11) is 1.52. The number of amides is 1. The molecule has 5 rings (SSSR count). The Morgan fingerprint density at radius 1 is 1.13 bits per heavy atom. The molecule has 1 N–H and O–H groups in total. The average Bonchev–Trinajstić information content (AvgIpc) is 3.34. The van der Waals surface area contributed by atoms with Crippen LogP contribution >= 0.6 is 34.5 Å². The summed E-state index contributed by atoms with van der Waals surface area (Å²) in [6.07, 6.45) is 2.81. The van der Waals surface area contributed by atoms with Crippen molar-refractivity contribution in [3.63, 3.8) is 0 Å². The minimum atomic E-state index is -1.26. The molecule has 3 heterocycles. The molecule has 0 bridgehead atoms. The van der Waals surface area contributed by atoms with Crippen molar-refractivity contribution in [1.82, 2.24) is 24.9 Å². The summed E-state index contributed by atoms with van der Waals surface area (Å²) in [4.78, 5) is 34.1. The number of carbonyl (C=O) groups is 1. The number of methoxy groups -OCH3 is 1. The fourth-order valence-electron chi connectivity index (χ4n) is 3.98. The number of carboxylic acid groups (broad SMARTS) is 1. The second-order valence-electron chi connectivity index (χ2n) is 8.48. The highest BCUT2D eigenvalue weighted by Gasteiger charge is 2.25. The van der Waals surface area contributed by atoms with Gasteiger partial charge in [-0.15, -0.1) is 11.3 Å². The first-order chi connectivity index (χ1) is 18.7. The van der Waals surface area contributed by atoms with Crippen molar-refractivity contribution < 1.29 is 23.8 Å². The van der Waals surface area contributed by atoms with Gasteiger partial charge in [-0.05, 0) is 43.1 Å². The third-order valence-corrected chi connectivity index (χ3v) is 7.33. The first kappa shape index (κ1) is 26.7. The molecule has 0 radical (unpaired) electrons. The molecule has 2 aromatic carbocycles. The Bertz CT molecular complexity index is 1720. The number of aromatic nitrogens is 5. The lowest BCUT2D eigenvalue weighted by molar-refractivity contribution is 0.194. The molecule has 0 aliphatic heterocycles. The maximum Gasteiger partial charge on any atom is 0.412 e. The fraction of sp³-hybridized carbons (Fsp3) is 0.200. The Kier molecular flexibility index (Phi) is 7.34. The summed E-state index contributed by atoms with van der Waals surface area (Å²) in [5.41, 5.74) is 3.36. The van der Waals surface area contributed by atoms with Crippen molar-refractivity contribution in [2.24, 2.45) is 0 Å². The predicted molar refractivity (Wildman–Crippen MR) is 147 cm³/mol. The number of rotatable bonds is 7. The zero-order valence-electron chi connectivity index (χ0n) is 20.6. The number of hydrogen-bond donors (Lipinski definition) is 1. The van der Waals surface area contributed by atoms with Gasteiger partial charge in [0.2, 0.25) is 11.2 Å². The maximum atomic E-state index is 15.2. The molecule has 0 aliphatic carbocycles. The molecule has 0 saturated heterocycles. The molecule has 5 aromatic rings. The maximum absolute atomic E-state index is 15.2. The quantitative estimate of drug-likeness (QED) is 0.215. The Balaban J connectivity index is 1.47. The molecule has 14 heteroatoms. The van der Waals surface area contributed by atoms with Crippen molar-refractivity contribution in [2.75, 3.05) is 18.6 Å². The van der Waals surface area contributed by atoms with Crippen LogP contribution in [0.5, 0.6) is 11.6 Å². The average molecular weight is 589 g/mol. The van der Waals surface area contributed by atoms with Crippen molar-refractivity contribution in [3.8, 4) is 22.2 Å². The van der Waals surface area contributed by atoms with Crippen molar-refractivity contribution in [2.45, 2.75) is 19.9 Å². The van der Waals surface area contributed by atoms with Gasteiger partial charge in [0.15, 0.2) is 11.6 Å². The predicted octanol–water partition coefficient (Wildman–Crippen LogP) is 6.41. The number of hydrogen-bond acceptors (Lipinski definition) is 9. The van der Waals surface area contributed by atoms with Crippen LogP contribution in [0.15, 0.2) is 36.8 Å². The first-order valence-corrected chi connectivity index (χ1v) is 13.0. The number of aryl methyl sites for hydroxylation is 1. The first-order valence-electron chi connectivity index (χ1n) is 11.4. The zero-order valence-corrected chi connectivity index (χ0v) is 23.0. The normalized spacial score (nSPS) is 12.1. The van der Waals surface area contributed by atoms with Gasteiger partial charge in [-0.2, -0.15) is 0 Å². The number of nitrogens with zero attached hydrogens (tertiary/aromatic N) is 6. The third kappa shape index (κ3) is 5.22. The Labute approximate surface area is 235 Å². The van der Waals surface area contributed by atoms with Crippen LogP contribution in [-0.2, 0) is 0 Å². The van der Waals surface area contributed by atoms with E-state index in [9.17, 15) is 9.90 Å². The van der Waals surface area contributed by atoms with E-state index in [0.29, 0.717) is 26.6 Å². The minimum absolute atomic E-state index is 0.0210. The van der Waals surface area contributed by atoms with Crippen LogP contribution in [-0.4, -0.2) is 55.9 Å². The molecule has 0 saturated carbocycles. The van der Waals surface area contributed by atoms with E-state index in [4.69, 9.17) is 32.7 Å². The molecule has 39 heavy (non-hydrogen) atoms. The van der Waals surface area contributed by atoms with Crippen LogP contribution in [0.1, 0.15) is 12.5 Å². The van der Waals surface area contributed by atoms with E-state index < -0.39 is 18.0 Å². The lowest BCUT2D eigenvalue weighted by Crippen LogP contribution is -2.41. The van der Waals surface area contributed by atoms with Gasteiger partial charge in [0.25, 0.3) is 0 Å². The monoisotopic (exact) mass is 588 g/mol. The van der Waals surface area contributed by atoms with Crippen molar-refractivity contribution >= 4 is 67.6 Å². The highest BCUT2D eigenvalue weighted by molar-refractivity contribution is 7.21. The van der Waals surface area contributed by atoms with Gasteiger partial charge in [-0.25, -0.2) is 34.1 Å². The molecule has 0 aliphatic rings. The van der Waals surface area contributed by atoms with E-state index >= 15 is 4.39 Å². The molecule has 0 fully saturated rings. The minimum Gasteiger partial charge on any atom is -0.488 e. The number of anilines is 1. The van der Waals surface area contributed by atoms with Gasteiger partial charge < -0.3 is 14.6 Å². The molecule has 1 unspecified atom stereocenters. The Hall–Kier alpha value is -3.87. The van der Waals surface area contributed by atoms with Crippen LogP contribution in [0.4, 0.5) is 14.9 Å².